The molecule has 0 saturated heterocycles. The van der Waals surface area contributed by atoms with E-state index in [1.165, 1.54) is 31.7 Å². The zero-order chi connectivity index (χ0) is 13.4. The van der Waals surface area contributed by atoms with Gasteiger partial charge in [-0.3, -0.25) is 10.1 Å². The van der Waals surface area contributed by atoms with Gasteiger partial charge in [0.05, 0.1) is 4.92 Å². The maximum atomic E-state index is 13.5. The number of nitrogens with one attached hydrogen (secondary N) is 1. The van der Waals surface area contributed by atoms with Gasteiger partial charge in [-0.15, -0.1) is 0 Å². The molecular weight excluding hydrogens is 247 g/mol. The van der Waals surface area contributed by atoms with Crippen LogP contribution in [0.5, 0.6) is 0 Å². The largest absolute Gasteiger partial charge is 0.379 e. The number of hydrogen-bond acceptors (Lipinski definition) is 3. The van der Waals surface area contributed by atoms with Crippen LogP contribution in [-0.2, 0) is 0 Å². The first-order valence-corrected chi connectivity index (χ1v) is 6.82. The highest BCUT2D eigenvalue weighted by Crippen LogP contribution is 2.48. The Hall–Kier alpha value is -1.65. The molecule has 2 fully saturated rings. The van der Waals surface area contributed by atoms with Gasteiger partial charge in [0.25, 0.3) is 0 Å². The number of benzene rings is 1. The van der Waals surface area contributed by atoms with Crippen LogP contribution < -0.4 is 5.32 Å². The number of halogens is 1. The first kappa shape index (κ1) is 12.4. The van der Waals surface area contributed by atoms with Crippen molar-refractivity contribution in [2.45, 2.75) is 25.7 Å². The Balaban J connectivity index is 1.70. The van der Waals surface area contributed by atoms with Crippen LogP contribution in [0.15, 0.2) is 18.2 Å². The third kappa shape index (κ3) is 2.29. The molecule has 3 atom stereocenters. The van der Waals surface area contributed by atoms with Crippen molar-refractivity contribution in [3.05, 3.63) is 34.1 Å². The number of nitro benzene ring substituents is 1. The van der Waals surface area contributed by atoms with Gasteiger partial charge in [0.1, 0.15) is 5.69 Å². The standard InChI is InChI=1S/C14H17FN2O2/c15-12-2-1-3-13(14(12)17(18)19)16-8-11-7-9-4-5-10(11)6-9/h1-3,9-11,16H,4-8H2. The van der Waals surface area contributed by atoms with E-state index in [9.17, 15) is 14.5 Å². The fraction of sp³-hybridized carbons (Fsp3) is 0.571. The molecule has 3 rings (SSSR count). The van der Waals surface area contributed by atoms with Crippen molar-refractivity contribution in [2.75, 3.05) is 11.9 Å². The normalized spacial score (nSPS) is 28.6. The summed E-state index contributed by atoms with van der Waals surface area (Å²) in [4.78, 5) is 10.2. The van der Waals surface area contributed by atoms with Crippen LogP contribution in [0.4, 0.5) is 15.8 Å². The van der Waals surface area contributed by atoms with E-state index in [1.54, 1.807) is 6.07 Å². The van der Waals surface area contributed by atoms with Crippen LogP contribution in [0.1, 0.15) is 25.7 Å². The predicted molar refractivity (Wildman–Crippen MR) is 70.5 cm³/mol. The summed E-state index contributed by atoms with van der Waals surface area (Å²) in [5.41, 5.74) is -0.140. The van der Waals surface area contributed by atoms with Crippen molar-refractivity contribution in [1.29, 1.82) is 0 Å². The smallest absolute Gasteiger partial charge is 0.327 e. The summed E-state index contributed by atoms with van der Waals surface area (Å²) in [5.74, 6) is 1.41. The highest BCUT2D eigenvalue weighted by Gasteiger charge is 2.39. The van der Waals surface area contributed by atoms with Gasteiger partial charge in [-0.2, -0.15) is 4.39 Å². The minimum atomic E-state index is -0.775. The van der Waals surface area contributed by atoms with Crippen molar-refractivity contribution < 1.29 is 9.31 Å². The Morgan fingerprint density at radius 2 is 2.21 bits per heavy atom. The third-order valence-corrected chi connectivity index (χ3v) is 4.61. The molecule has 2 bridgehead atoms. The minimum Gasteiger partial charge on any atom is -0.379 e. The molecule has 0 amide bonds. The second kappa shape index (κ2) is 4.79. The lowest BCUT2D eigenvalue weighted by Gasteiger charge is -2.22. The van der Waals surface area contributed by atoms with E-state index in [-0.39, 0.29) is 0 Å². The summed E-state index contributed by atoms with van der Waals surface area (Å²) in [6.07, 6.45) is 5.13. The maximum absolute atomic E-state index is 13.5. The van der Waals surface area contributed by atoms with Crippen LogP contribution >= 0.6 is 0 Å². The van der Waals surface area contributed by atoms with Crippen molar-refractivity contribution in [3.63, 3.8) is 0 Å². The lowest BCUT2D eigenvalue weighted by molar-refractivity contribution is -0.386. The maximum Gasteiger partial charge on any atom is 0.327 e. The predicted octanol–water partition coefficient (Wildman–Crippen LogP) is 3.58. The monoisotopic (exact) mass is 264 g/mol. The Morgan fingerprint density at radius 1 is 1.37 bits per heavy atom. The SMILES string of the molecule is O=[N+]([O-])c1c(F)cccc1NCC1CC2CCC1C2. The molecule has 19 heavy (non-hydrogen) atoms. The molecule has 4 nitrogen and oxygen atoms in total. The molecule has 5 heteroatoms. The molecule has 0 aromatic heterocycles. The van der Waals surface area contributed by atoms with Crippen LogP contribution in [0.2, 0.25) is 0 Å². The average Bonchev–Trinajstić information content (AvgIpc) is 2.97. The second-order valence-electron chi connectivity index (χ2n) is 5.71. The topological polar surface area (TPSA) is 55.2 Å². The first-order valence-electron chi connectivity index (χ1n) is 6.82. The van der Waals surface area contributed by atoms with Crippen molar-refractivity contribution in [1.82, 2.24) is 0 Å². The van der Waals surface area contributed by atoms with Crippen molar-refractivity contribution in [3.8, 4) is 0 Å². The molecular formula is C14H17FN2O2. The summed E-state index contributed by atoms with van der Waals surface area (Å²) in [6.45, 7) is 0.714. The molecule has 0 spiro atoms. The van der Waals surface area contributed by atoms with Gasteiger partial charge in [-0.1, -0.05) is 12.5 Å². The molecule has 3 unspecified atom stereocenters. The van der Waals surface area contributed by atoms with Gasteiger partial charge in [0, 0.05) is 6.54 Å². The molecule has 2 saturated carbocycles. The number of fused-ring (bicyclic) bond motifs is 2. The summed E-state index contributed by atoms with van der Waals surface area (Å²) in [6, 6.07) is 4.21. The number of para-hydroxylation sites is 1. The van der Waals surface area contributed by atoms with Crippen LogP contribution in [0.25, 0.3) is 0 Å². The van der Waals surface area contributed by atoms with E-state index in [2.05, 4.69) is 5.32 Å². The molecule has 1 aromatic carbocycles. The summed E-state index contributed by atoms with van der Waals surface area (Å²) in [7, 11) is 0. The molecule has 102 valence electrons. The van der Waals surface area contributed by atoms with Crippen LogP contribution in [0.3, 0.4) is 0 Å². The molecule has 1 aromatic rings. The highest BCUT2D eigenvalue weighted by atomic mass is 19.1. The van der Waals surface area contributed by atoms with E-state index < -0.39 is 16.4 Å². The zero-order valence-corrected chi connectivity index (χ0v) is 10.6. The molecule has 2 aliphatic carbocycles. The Bertz CT molecular complexity index is 506. The fourth-order valence-electron chi connectivity index (χ4n) is 3.71. The Kier molecular flexibility index (Phi) is 3.12. The van der Waals surface area contributed by atoms with Gasteiger partial charge in [-0.05, 0) is 49.1 Å². The van der Waals surface area contributed by atoms with Crippen molar-refractivity contribution in [2.24, 2.45) is 17.8 Å². The van der Waals surface area contributed by atoms with Crippen molar-refractivity contribution >= 4 is 11.4 Å². The Labute approximate surface area is 111 Å². The van der Waals surface area contributed by atoms with E-state index in [1.807, 2.05) is 0 Å². The highest BCUT2D eigenvalue weighted by molar-refractivity contribution is 5.61. The quantitative estimate of drug-likeness (QED) is 0.668. The molecule has 2 aliphatic rings. The van der Waals surface area contributed by atoms with Gasteiger partial charge >= 0.3 is 5.69 Å². The zero-order valence-electron chi connectivity index (χ0n) is 10.6. The summed E-state index contributed by atoms with van der Waals surface area (Å²) >= 11 is 0. The van der Waals surface area contributed by atoms with Crippen LogP contribution in [-0.4, -0.2) is 11.5 Å². The van der Waals surface area contributed by atoms with E-state index in [0.717, 1.165) is 17.9 Å². The number of anilines is 1. The fourth-order valence-corrected chi connectivity index (χ4v) is 3.71. The molecule has 0 aliphatic heterocycles. The van der Waals surface area contributed by atoms with E-state index in [0.29, 0.717) is 18.2 Å². The molecule has 0 radical (unpaired) electrons. The van der Waals surface area contributed by atoms with E-state index >= 15 is 0 Å². The number of nitrogens with zero attached hydrogens (tertiary/aromatic N) is 1. The Morgan fingerprint density at radius 3 is 2.84 bits per heavy atom. The van der Waals surface area contributed by atoms with Gasteiger partial charge in [0.2, 0.25) is 5.82 Å². The number of hydrogen-bond donors (Lipinski definition) is 1. The second-order valence-corrected chi connectivity index (χ2v) is 5.71. The van der Waals surface area contributed by atoms with Gasteiger partial charge < -0.3 is 5.32 Å². The van der Waals surface area contributed by atoms with Gasteiger partial charge in [0.15, 0.2) is 0 Å². The van der Waals surface area contributed by atoms with E-state index in [4.69, 9.17) is 0 Å². The lowest BCUT2D eigenvalue weighted by atomic mass is 9.89. The average molecular weight is 264 g/mol. The summed E-state index contributed by atoms with van der Waals surface area (Å²) in [5, 5.41) is 14.0. The summed E-state index contributed by atoms with van der Waals surface area (Å²) < 4.78 is 13.5. The lowest BCUT2D eigenvalue weighted by Crippen LogP contribution is -2.20. The first-order chi connectivity index (χ1) is 9.15. The third-order valence-electron chi connectivity index (χ3n) is 4.61. The van der Waals surface area contributed by atoms with Gasteiger partial charge in [-0.25, -0.2) is 0 Å². The number of nitro groups is 1. The molecule has 1 N–H and O–H groups in total. The van der Waals surface area contributed by atoms with Crippen LogP contribution in [0, 0.1) is 33.7 Å². The minimum absolute atomic E-state index is 0.299. The molecule has 0 heterocycles. The number of rotatable bonds is 4.